The first kappa shape index (κ1) is 10.0. The summed E-state index contributed by atoms with van der Waals surface area (Å²) in [5.74, 6) is 0.725. The SMILES string of the molecule is O=C(CC1CC1)c1ccc(Cl)cc1Cl. The summed E-state index contributed by atoms with van der Waals surface area (Å²) in [6.07, 6.45) is 2.98. The van der Waals surface area contributed by atoms with E-state index >= 15 is 0 Å². The van der Waals surface area contributed by atoms with Crippen molar-refractivity contribution in [2.75, 3.05) is 0 Å². The largest absolute Gasteiger partial charge is 0.294 e. The van der Waals surface area contributed by atoms with Gasteiger partial charge in [-0.25, -0.2) is 0 Å². The molecule has 1 aromatic rings. The summed E-state index contributed by atoms with van der Waals surface area (Å²) in [5, 5.41) is 1.03. The second-order valence-corrected chi connectivity index (χ2v) is 4.54. The van der Waals surface area contributed by atoms with Gasteiger partial charge in [-0.1, -0.05) is 23.2 Å². The Kier molecular flexibility index (Phi) is 2.80. The van der Waals surface area contributed by atoms with Crippen molar-refractivity contribution in [3.63, 3.8) is 0 Å². The highest BCUT2D eigenvalue weighted by Gasteiger charge is 2.25. The topological polar surface area (TPSA) is 17.1 Å². The molecule has 0 spiro atoms. The molecule has 0 amide bonds. The van der Waals surface area contributed by atoms with Gasteiger partial charge in [0.05, 0.1) is 5.02 Å². The number of hydrogen-bond donors (Lipinski definition) is 0. The average Bonchev–Trinajstić information content (AvgIpc) is 2.87. The molecule has 74 valence electrons. The Balaban J connectivity index is 2.17. The van der Waals surface area contributed by atoms with Gasteiger partial charge in [-0.2, -0.15) is 0 Å². The van der Waals surface area contributed by atoms with Crippen LogP contribution in [0.1, 0.15) is 29.6 Å². The fourth-order valence-corrected chi connectivity index (χ4v) is 1.92. The number of carbonyl (C=O) groups excluding carboxylic acids is 1. The van der Waals surface area contributed by atoms with Crippen molar-refractivity contribution < 1.29 is 4.79 Å². The smallest absolute Gasteiger partial charge is 0.164 e. The molecule has 1 nitrogen and oxygen atoms in total. The van der Waals surface area contributed by atoms with E-state index < -0.39 is 0 Å². The van der Waals surface area contributed by atoms with Gasteiger partial charge in [-0.05, 0) is 37.0 Å². The first-order chi connectivity index (χ1) is 6.66. The molecule has 1 aliphatic rings. The average molecular weight is 229 g/mol. The maximum atomic E-state index is 11.7. The zero-order valence-corrected chi connectivity index (χ0v) is 9.11. The predicted molar refractivity (Wildman–Crippen MR) is 58.1 cm³/mol. The number of halogens is 2. The van der Waals surface area contributed by atoms with Crippen LogP contribution in [0.3, 0.4) is 0 Å². The first-order valence-corrected chi connectivity index (χ1v) is 5.40. The van der Waals surface area contributed by atoms with E-state index in [1.165, 1.54) is 12.8 Å². The van der Waals surface area contributed by atoms with Crippen molar-refractivity contribution in [1.82, 2.24) is 0 Å². The van der Waals surface area contributed by atoms with Crippen LogP contribution in [0, 0.1) is 5.92 Å². The fraction of sp³-hybridized carbons (Fsp3) is 0.364. The predicted octanol–water partition coefficient (Wildman–Crippen LogP) is 3.98. The van der Waals surface area contributed by atoms with Gasteiger partial charge < -0.3 is 0 Å². The second-order valence-electron chi connectivity index (χ2n) is 3.69. The Bertz CT molecular complexity index is 370. The normalized spacial score (nSPS) is 15.6. The molecule has 0 bridgehead atoms. The summed E-state index contributed by atoms with van der Waals surface area (Å²) in [6, 6.07) is 5.02. The third kappa shape index (κ3) is 2.28. The number of hydrogen-bond acceptors (Lipinski definition) is 1. The van der Waals surface area contributed by atoms with E-state index in [0.29, 0.717) is 27.9 Å². The van der Waals surface area contributed by atoms with E-state index in [2.05, 4.69) is 0 Å². The van der Waals surface area contributed by atoms with E-state index in [0.717, 1.165) is 0 Å². The molecule has 0 aliphatic heterocycles. The quantitative estimate of drug-likeness (QED) is 0.716. The highest BCUT2D eigenvalue weighted by molar-refractivity contribution is 6.36. The van der Waals surface area contributed by atoms with Crippen molar-refractivity contribution >= 4 is 29.0 Å². The van der Waals surface area contributed by atoms with Gasteiger partial charge in [0.2, 0.25) is 0 Å². The van der Waals surface area contributed by atoms with Gasteiger partial charge in [0.1, 0.15) is 0 Å². The lowest BCUT2D eigenvalue weighted by Crippen LogP contribution is -2.00. The molecule has 2 rings (SSSR count). The molecule has 0 heterocycles. The lowest BCUT2D eigenvalue weighted by Gasteiger charge is -2.02. The van der Waals surface area contributed by atoms with Crippen LogP contribution in [-0.2, 0) is 0 Å². The van der Waals surface area contributed by atoms with E-state index in [4.69, 9.17) is 23.2 Å². The number of benzene rings is 1. The number of Topliss-reactive ketones (excluding diaryl/α,β-unsaturated/α-hetero) is 1. The van der Waals surface area contributed by atoms with E-state index in [1.807, 2.05) is 0 Å². The number of rotatable bonds is 3. The molecular formula is C11H10Cl2O. The van der Waals surface area contributed by atoms with Crippen molar-refractivity contribution in [2.45, 2.75) is 19.3 Å². The van der Waals surface area contributed by atoms with Crippen LogP contribution in [0.15, 0.2) is 18.2 Å². The zero-order chi connectivity index (χ0) is 10.1. The summed E-state index contributed by atoms with van der Waals surface area (Å²) >= 11 is 11.7. The van der Waals surface area contributed by atoms with Crippen LogP contribution in [0.5, 0.6) is 0 Å². The maximum absolute atomic E-state index is 11.7. The van der Waals surface area contributed by atoms with Crippen LogP contribution in [-0.4, -0.2) is 5.78 Å². The minimum Gasteiger partial charge on any atom is -0.294 e. The molecule has 0 radical (unpaired) electrons. The van der Waals surface area contributed by atoms with Crippen LogP contribution >= 0.6 is 23.2 Å². The molecule has 0 saturated heterocycles. The Morgan fingerprint density at radius 2 is 2.07 bits per heavy atom. The van der Waals surface area contributed by atoms with Gasteiger partial charge >= 0.3 is 0 Å². The molecule has 1 saturated carbocycles. The monoisotopic (exact) mass is 228 g/mol. The second kappa shape index (κ2) is 3.92. The molecule has 3 heteroatoms. The Labute approximate surface area is 93.0 Å². The minimum absolute atomic E-state index is 0.133. The van der Waals surface area contributed by atoms with Gasteiger partial charge in [0.25, 0.3) is 0 Å². The highest BCUT2D eigenvalue weighted by Crippen LogP contribution is 2.34. The molecule has 1 aromatic carbocycles. The van der Waals surface area contributed by atoms with Crippen molar-refractivity contribution in [3.05, 3.63) is 33.8 Å². The number of carbonyl (C=O) groups is 1. The first-order valence-electron chi connectivity index (χ1n) is 4.65. The van der Waals surface area contributed by atoms with E-state index in [1.54, 1.807) is 18.2 Å². The molecule has 0 atom stereocenters. The highest BCUT2D eigenvalue weighted by atomic mass is 35.5. The van der Waals surface area contributed by atoms with Gasteiger partial charge in [0, 0.05) is 17.0 Å². The van der Waals surface area contributed by atoms with Crippen molar-refractivity contribution in [2.24, 2.45) is 5.92 Å². The third-order valence-corrected chi connectivity index (χ3v) is 2.95. The Morgan fingerprint density at radius 1 is 1.36 bits per heavy atom. The van der Waals surface area contributed by atoms with Gasteiger partial charge in [-0.15, -0.1) is 0 Å². The molecule has 1 aliphatic carbocycles. The van der Waals surface area contributed by atoms with Crippen LogP contribution in [0.4, 0.5) is 0 Å². The number of ketones is 1. The lowest BCUT2D eigenvalue weighted by atomic mass is 10.1. The summed E-state index contributed by atoms with van der Waals surface area (Å²) in [4.78, 5) is 11.7. The molecule has 14 heavy (non-hydrogen) atoms. The fourth-order valence-electron chi connectivity index (χ4n) is 1.41. The molecule has 0 N–H and O–H groups in total. The molecule has 1 fully saturated rings. The van der Waals surface area contributed by atoms with Crippen LogP contribution in [0.25, 0.3) is 0 Å². The lowest BCUT2D eigenvalue weighted by molar-refractivity contribution is 0.0976. The van der Waals surface area contributed by atoms with E-state index in [-0.39, 0.29) is 5.78 Å². The standard InChI is InChI=1S/C11H10Cl2O/c12-8-3-4-9(10(13)6-8)11(14)5-7-1-2-7/h3-4,6-7H,1-2,5H2. The molecule has 0 unspecified atom stereocenters. The molecule has 0 aromatic heterocycles. The Morgan fingerprint density at radius 3 is 2.64 bits per heavy atom. The summed E-state index contributed by atoms with van der Waals surface area (Å²) in [6.45, 7) is 0. The van der Waals surface area contributed by atoms with E-state index in [9.17, 15) is 4.79 Å². The van der Waals surface area contributed by atoms with Gasteiger partial charge in [0.15, 0.2) is 5.78 Å². The summed E-state index contributed by atoms with van der Waals surface area (Å²) < 4.78 is 0. The van der Waals surface area contributed by atoms with Gasteiger partial charge in [-0.3, -0.25) is 4.79 Å². The Hall–Kier alpha value is -0.530. The van der Waals surface area contributed by atoms with Crippen molar-refractivity contribution in [1.29, 1.82) is 0 Å². The zero-order valence-electron chi connectivity index (χ0n) is 7.59. The minimum atomic E-state index is 0.133. The molecular weight excluding hydrogens is 219 g/mol. The van der Waals surface area contributed by atoms with Crippen LogP contribution in [0.2, 0.25) is 10.0 Å². The summed E-state index contributed by atoms with van der Waals surface area (Å²) in [5.41, 5.74) is 0.600. The van der Waals surface area contributed by atoms with Crippen LogP contribution < -0.4 is 0 Å². The summed E-state index contributed by atoms with van der Waals surface area (Å²) in [7, 11) is 0. The third-order valence-electron chi connectivity index (χ3n) is 2.40. The maximum Gasteiger partial charge on any atom is 0.164 e. The van der Waals surface area contributed by atoms with Crippen molar-refractivity contribution in [3.8, 4) is 0 Å².